The van der Waals surface area contributed by atoms with Crippen LogP contribution in [0.5, 0.6) is 0 Å². The van der Waals surface area contributed by atoms with E-state index < -0.39 is 0 Å². The Balaban J connectivity index is 2.82. The number of hydrogen-bond acceptors (Lipinski definition) is 2. The summed E-state index contributed by atoms with van der Waals surface area (Å²) in [6, 6.07) is 3.73. The first-order chi connectivity index (χ1) is 7.91. The number of carbonyl (C=O) groups is 1. The Bertz CT molecular complexity index is 382. The number of carbonyl (C=O) groups excluding carboxylic acids is 1. The first-order valence-electron chi connectivity index (χ1n) is 6.02. The van der Waals surface area contributed by atoms with E-state index in [9.17, 15) is 4.79 Å². The Morgan fingerprint density at radius 3 is 2.59 bits per heavy atom. The number of rotatable bonds is 5. The van der Waals surface area contributed by atoms with Crippen molar-refractivity contribution in [3.8, 4) is 0 Å². The maximum absolute atomic E-state index is 12.3. The highest BCUT2D eigenvalue weighted by atomic mass is 16.2. The van der Waals surface area contributed by atoms with Crippen LogP contribution in [0.15, 0.2) is 18.3 Å². The summed E-state index contributed by atoms with van der Waals surface area (Å²) in [7, 11) is 1.88. The maximum Gasteiger partial charge on any atom is 0.270 e. The van der Waals surface area contributed by atoms with Gasteiger partial charge in [0.05, 0.1) is 0 Å². The van der Waals surface area contributed by atoms with E-state index >= 15 is 0 Å². The van der Waals surface area contributed by atoms with Gasteiger partial charge in [0.15, 0.2) is 0 Å². The van der Waals surface area contributed by atoms with Crippen molar-refractivity contribution >= 4 is 5.91 Å². The van der Waals surface area contributed by atoms with Crippen LogP contribution >= 0.6 is 0 Å². The molecule has 4 heteroatoms. The first-order valence-corrected chi connectivity index (χ1v) is 6.02. The van der Waals surface area contributed by atoms with Crippen molar-refractivity contribution in [2.45, 2.75) is 20.8 Å². The van der Waals surface area contributed by atoms with E-state index in [0.29, 0.717) is 19.6 Å². The number of amides is 1. The van der Waals surface area contributed by atoms with Crippen molar-refractivity contribution in [2.75, 3.05) is 19.6 Å². The highest BCUT2D eigenvalue weighted by Crippen LogP contribution is 2.16. The van der Waals surface area contributed by atoms with Crippen molar-refractivity contribution in [3.05, 3.63) is 24.0 Å². The van der Waals surface area contributed by atoms with Crippen molar-refractivity contribution in [1.29, 1.82) is 0 Å². The average Bonchev–Trinajstić information content (AvgIpc) is 2.71. The van der Waals surface area contributed by atoms with Crippen LogP contribution in [0, 0.1) is 5.41 Å². The van der Waals surface area contributed by atoms with Crippen LogP contribution in [0.25, 0.3) is 0 Å². The quantitative estimate of drug-likeness (QED) is 0.843. The van der Waals surface area contributed by atoms with Crippen LogP contribution in [-0.4, -0.2) is 35.0 Å². The standard InChI is InChI=1S/C13H23N3O/c1-5-16(10-13(2,3)9-14)12(17)11-7-6-8-15(11)4/h6-8H,5,9-10,14H2,1-4H3. The third-order valence-electron chi connectivity index (χ3n) is 3.00. The molecular weight excluding hydrogens is 214 g/mol. The molecular formula is C13H23N3O. The molecule has 1 aromatic rings. The topological polar surface area (TPSA) is 51.3 Å². The van der Waals surface area contributed by atoms with Gasteiger partial charge >= 0.3 is 0 Å². The Labute approximate surface area is 103 Å². The molecule has 4 nitrogen and oxygen atoms in total. The molecule has 2 N–H and O–H groups in total. The predicted molar refractivity (Wildman–Crippen MR) is 69.8 cm³/mol. The van der Waals surface area contributed by atoms with Gasteiger partial charge in [-0.15, -0.1) is 0 Å². The lowest BCUT2D eigenvalue weighted by Gasteiger charge is -2.31. The summed E-state index contributed by atoms with van der Waals surface area (Å²) >= 11 is 0. The van der Waals surface area contributed by atoms with Gasteiger partial charge in [-0.2, -0.15) is 0 Å². The summed E-state index contributed by atoms with van der Waals surface area (Å²) in [5, 5.41) is 0. The molecule has 1 aromatic heterocycles. The fourth-order valence-corrected chi connectivity index (χ4v) is 1.75. The minimum absolute atomic E-state index is 0.0448. The third-order valence-corrected chi connectivity index (χ3v) is 3.00. The third kappa shape index (κ3) is 3.33. The Hall–Kier alpha value is -1.29. The van der Waals surface area contributed by atoms with E-state index in [4.69, 9.17) is 5.73 Å². The second-order valence-electron chi connectivity index (χ2n) is 5.19. The van der Waals surface area contributed by atoms with Crippen molar-refractivity contribution in [1.82, 2.24) is 9.47 Å². The normalized spacial score (nSPS) is 11.6. The summed E-state index contributed by atoms with van der Waals surface area (Å²) in [6.45, 7) is 8.11. The molecule has 0 fully saturated rings. The van der Waals surface area contributed by atoms with Crippen molar-refractivity contribution < 1.29 is 4.79 Å². The van der Waals surface area contributed by atoms with Crippen LogP contribution in [-0.2, 0) is 7.05 Å². The molecule has 0 aliphatic carbocycles. The fraction of sp³-hybridized carbons (Fsp3) is 0.615. The molecule has 0 bridgehead atoms. The number of aryl methyl sites for hydroxylation is 1. The number of aromatic nitrogens is 1. The molecule has 1 heterocycles. The van der Waals surface area contributed by atoms with E-state index in [0.717, 1.165) is 5.69 Å². The molecule has 0 aliphatic rings. The lowest BCUT2D eigenvalue weighted by Crippen LogP contribution is -2.42. The summed E-state index contributed by atoms with van der Waals surface area (Å²) in [5.74, 6) is 0.0709. The molecule has 1 amide bonds. The van der Waals surface area contributed by atoms with E-state index in [2.05, 4.69) is 13.8 Å². The molecule has 17 heavy (non-hydrogen) atoms. The van der Waals surface area contributed by atoms with Crippen LogP contribution in [0.4, 0.5) is 0 Å². The maximum atomic E-state index is 12.3. The van der Waals surface area contributed by atoms with Gasteiger partial charge in [0.25, 0.3) is 5.91 Å². The molecule has 96 valence electrons. The Morgan fingerprint density at radius 1 is 1.53 bits per heavy atom. The second kappa shape index (κ2) is 5.36. The van der Waals surface area contributed by atoms with Crippen molar-refractivity contribution in [3.63, 3.8) is 0 Å². The Kier molecular flexibility index (Phi) is 4.34. The summed E-state index contributed by atoms with van der Waals surface area (Å²) in [6.07, 6.45) is 1.88. The Morgan fingerprint density at radius 2 is 2.18 bits per heavy atom. The zero-order valence-corrected chi connectivity index (χ0v) is 11.2. The van der Waals surface area contributed by atoms with E-state index in [1.54, 1.807) is 0 Å². The number of hydrogen-bond donors (Lipinski definition) is 1. The average molecular weight is 237 g/mol. The van der Waals surface area contributed by atoms with Crippen LogP contribution in [0.3, 0.4) is 0 Å². The molecule has 0 unspecified atom stereocenters. The van der Waals surface area contributed by atoms with E-state index in [1.807, 2.05) is 41.8 Å². The summed E-state index contributed by atoms with van der Waals surface area (Å²) < 4.78 is 1.85. The van der Waals surface area contributed by atoms with Gasteiger partial charge in [-0.25, -0.2) is 0 Å². The summed E-state index contributed by atoms with van der Waals surface area (Å²) in [4.78, 5) is 14.2. The zero-order chi connectivity index (χ0) is 13.1. The fourth-order valence-electron chi connectivity index (χ4n) is 1.75. The van der Waals surface area contributed by atoms with E-state index in [-0.39, 0.29) is 11.3 Å². The monoisotopic (exact) mass is 237 g/mol. The molecule has 0 aliphatic heterocycles. The molecule has 1 rings (SSSR count). The van der Waals surface area contributed by atoms with Gasteiger partial charge in [0.1, 0.15) is 5.69 Å². The van der Waals surface area contributed by atoms with Crippen LogP contribution in [0.2, 0.25) is 0 Å². The molecule has 0 saturated heterocycles. The van der Waals surface area contributed by atoms with E-state index in [1.165, 1.54) is 0 Å². The SMILES string of the molecule is CCN(CC(C)(C)CN)C(=O)c1cccn1C. The smallest absolute Gasteiger partial charge is 0.270 e. The van der Waals surface area contributed by atoms with Crippen LogP contribution in [0.1, 0.15) is 31.3 Å². The second-order valence-corrected chi connectivity index (χ2v) is 5.19. The van der Waals surface area contributed by atoms with Gasteiger partial charge in [0, 0.05) is 26.3 Å². The lowest BCUT2D eigenvalue weighted by molar-refractivity contribution is 0.0691. The van der Waals surface area contributed by atoms with Gasteiger partial charge in [-0.1, -0.05) is 13.8 Å². The number of nitrogens with zero attached hydrogens (tertiary/aromatic N) is 2. The predicted octanol–water partition coefficient (Wildman–Crippen LogP) is 1.47. The lowest BCUT2D eigenvalue weighted by atomic mass is 9.93. The molecule has 0 atom stereocenters. The van der Waals surface area contributed by atoms with Gasteiger partial charge in [-0.05, 0) is 31.0 Å². The number of nitrogens with two attached hydrogens (primary N) is 1. The first kappa shape index (κ1) is 13.8. The molecule has 0 aromatic carbocycles. The molecule has 0 spiro atoms. The van der Waals surface area contributed by atoms with Crippen LogP contribution < -0.4 is 5.73 Å². The molecule has 0 radical (unpaired) electrons. The summed E-state index contributed by atoms with van der Waals surface area (Å²) in [5.41, 5.74) is 6.39. The largest absolute Gasteiger partial charge is 0.347 e. The van der Waals surface area contributed by atoms with Crippen molar-refractivity contribution in [2.24, 2.45) is 18.2 Å². The van der Waals surface area contributed by atoms with Gasteiger partial charge < -0.3 is 15.2 Å². The molecule has 0 saturated carbocycles. The minimum atomic E-state index is -0.0448. The van der Waals surface area contributed by atoms with Gasteiger partial charge in [0.2, 0.25) is 0 Å². The minimum Gasteiger partial charge on any atom is -0.347 e. The van der Waals surface area contributed by atoms with Gasteiger partial charge in [-0.3, -0.25) is 4.79 Å². The highest BCUT2D eigenvalue weighted by molar-refractivity contribution is 5.92. The highest BCUT2D eigenvalue weighted by Gasteiger charge is 2.24. The zero-order valence-electron chi connectivity index (χ0n) is 11.2.